The summed E-state index contributed by atoms with van der Waals surface area (Å²) < 4.78 is 5.13. The van der Waals surface area contributed by atoms with Crippen molar-refractivity contribution in [3.63, 3.8) is 0 Å². The fourth-order valence-corrected chi connectivity index (χ4v) is 0.771. The Bertz CT molecular complexity index is 184. The number of rotatable bonds is 4. The van der Waals surface area contributed by atoms with Crippen molar-refractivity contribution in [2.75, 3.05) is 6.54 Å². The third-order valence-corrected chi connectivity index (χ3v) is 1.56. The van der Waals surface area contributed by atoms with Gasteiger partial charge in [0.15, 0.2) is 0 Å². The smallest absolute Gasteiger partial charge is 0.117 e. The molecule has 1 atom stereocenters. The summed E-state index contributed by atoms with van der Waals surface area (Å²) in [5.41, 5.74) is 5.42. The van der Waals surface area contributed by atoms with Crippen LogP contribution in [0.1, 0.15) is 12.7 Å². The van der Waals surface area contributed by atoms with Crippen LogP contribution in [0.25, 0.3) is 0 Å². The lowest BCUT2D eigenvalue weighted by atomic mass is 10.3. The maximum Gasteiger partial charge on any atom is 0.117 e. The minimum Gasteiger partial charge on any atom is -0.468 e. The summed E-state index contributed by atoms with van der Waals surface area (Å²) in [7, 11) is 0. The molecule has 1 heterocycles. The molecule has 0 radical (unpaired) electrons. The molecule has 0 saturated heterocycles. The van der Waals surface area contributed by atoms with Crippen molar-refractivity contribution in [2.24, 2.45) is 5.73 Å². The molecule has 0 aromatic carbocycles. The molecule has 1 aromatic heterocycles. The van der Waals surface area contributed by atoms with E-state index in [1.165, 1.54) is 0 Å². The van der Waals surface area contributed by atoms with Crippen LogP contribution in [0.2, 0.25) is 0 Å². The standard InChI is InChI=1S/C8H14N2O/c1-7(5-9)10-6-8-3-2-4-11-8/h2-4,7,10H,5-6,9H2,1H3/t7-/m1/s1. The molecule has 0 spiro atoms. The topological polar surface area (TPSA) is 51.2 Å². The van der Waals surface area contributed by atoms with Crippen molar-refractivity contribution >= 4 is 0 Å². The molecule has 0 aliphatic rings. The zero-order chi connectivity index (χ0) is 8.10. The first-order chi connectivity index (χ1) is 5.33. The molecule has 0 unspecified atom stereocenters. The van der Waals surface area contributed by atoms with Gasteiger partial charge in [-0.3, -0.25) is 0 Å². The van der Waals surface area contributed by atoms with Crippen LogP contribution in [0.4, 0.5) is 0 Å². The lowest BCUT2D eigenvalue weighted by molar-refractivity contribution is 0.457. The molecule has 0 saturated carbocycles. The van der Waals surface area contributed by atoms with E-state index < -0.39 is 0 Å². The van der Waals surface area contributed by atoms with Gasteiger partial charge in [-0.25, -0.2) is 0 Å². The SMILES string of the molecule is C[C@H](CN)NCc1ccco1. The van der Waals surface area contributed by atoms with Crippen LogP contribution >= 0.6 is 0 Å². The molecule has 0 amide bonds. The summed E-state index contributed by atoms with van der Waals surface area (Å²) in [6, 6.07) is 4.17. The second-order valence-electron chi connectivity index (χ2n) is 2.60. The van der Waals surface area contributed by atoms with Gasteiger partial charge in [0.05, 0.1) is 12.8 Å². The highest BCUT2D eigenvalue weighted by molar-refractivity contribution is 4.97. The predicted octanol–water partition coefficient (Wildman–Crippen LogP) is 0.716. The molecular weight excluding hydrogens is 140 g/mol. The van der Waals surface area contributed by atoms with E-state index >= 15 is 0 Å². The van der Waals surface area contributed by atoms with Gasteiger partial charge in [0.1, 0.15) is 5.76 Å². The van der Waals surface area contributed by atoms with Crippen molar-refractivity contribution < 1.29 is 4.42 Å². The average molecular weight is 154 g/mol. The lowest BCUT2D eigenvalue weighted by Gasteiger charge is -2.08. The number of nitrogens with one attached hydrogen (secondary N) is 1. The first-order valence-electron chi connectivity index (χ1n) is 3.78. The normalized spacial score (nSPS) is 13.3. The molecule has 0 bridgehead atoms. The highest BCUT2D eigenvalue weighted by Crippen LogP contribution is 1.98. The second kappa shape index (κ2) is 4.16. The maximum absolute atomic E-state index is 5.42. The van der Waals surface area contributed by atoms with Crippen LogP contribution in [0, 0.1) is 0 Å². The van der Waals surface area contributed by atoms with Gasteiger partial charge < -0.3 is 15.5 Å². The lowest BCUT2D eigenvalue weighted by Crippen LogP contribution is -2.32. The maximum atomic E-state index is 5.42. The Morgan fingerprint density at radius 1 is 1.73 bits per heavy atom. The minimum atomic E-state index is 0.347. The molecule has 1 rings (SSSR count). The van der Waals surface area contributed by atoms with E-state index in [9.17, 15) is 0 Å². The summed E-state index contributed by atoms with van der Waals surface area (Å²) in [6.07, 6.45) is 1.67. The van der Waals surface area contributed by atoms with E-state index in [0.29, 0.717) is 12.6 Å². The quantitative estimate of drug-likeness (QED) is 0.671. The molecule has 0 aliphatic heterocycles. The fraction of sp³-hybridized carbons (Fsp3) is 0.500. The highest BCUT2D eigenvalue weighted by atomic mass is 16.3. The summed E-state index contributed by atoms with van der Waals surface area (Å²) in [5.74, 6) is 0.949. The Kier molecular flexibility index (Phi) is 3.14. The first kappa shape index (κ1) is 8.30. The molecule has 1 aromatic rings. The largest absolute Gasteiger partial charge is 0.468 e. The Hall–Kier alpha value is -0.800. The summed E-state index contributed by atoms with van der Waals surface area (Å²) in [5, 5.41) is 3.22. The molecular formula is C8H14N2O. The van der Waals surface area contributed by atoms with Gasteiger partial charge in [0.2, 0.25) is 0 Å². The van der Waals surface area contributed by atoms with Crippen LogP contribution < -0.4 is 11.1 Å². The number of furan rings is 1. The molecule has 3 nitrogen and oxygen atoms in total. The number of nitrogens with two attached hydrogens (primary N) is 1. The van der Waals surface area contributed by atoms with Crippen molar-refractivity contribution in [1.82, 2.24) is 5.32 Å². The average Bonchev–Trinajstić information content (AvgIpc) is 2.52. The van der Waals surface area contributed by atoms with Crippen molar-refractivity contribution in [3.05, 3.63) is 24.2 Å². The van der Waals surface area contributed by atoms with Crippen LogP contribution in [0.15, 0.2) is 22.8 Å². The van der Waals surface area contributed by atoms with E-state index in [0.717, 1.165) is 12.3 Å². The Morgan fingerprint density at radius 3 is 3.09 bits per heavy atom. The molecule has 3 heteroatoms. The Balaban J connectivity index is 2.23. The molecule has 62 valence electrons. The van der Waals surface area contributed by atoms with Gasteiger partial charge >= 0.3 is 0 Å². The van der Waals surface area contributed by atoms with E-state index in [1.54, 1.807) is 6.26 Å². The number of hydrogen-bond donors (Lipinski definition) is 2. The summed E-state index contributed by atoms with van der Waals surface area (Å²) in [6.45, 7) is 3.45. The predicted molar refractivity (Wildman–Crippen MR) is 44.1 cm³/mol. The molecule has 11 heavy (non-hydrogen) atoms. The van der Waals surface area contributed by atoms with Crippen molar-refractivity contribution in [1.29, 1.82) is 0 Å². The minimum absolute atomic E-state index is 0.347. The van der Waals surface area contributed by atoms with Crippen molar-refractivity contribution in [3.8, 4) is 0 Å². The second-order valence-corrected chi connectivity index (χ2v) is 2.60. The number of hydrogen-bond acceptors (Lipinski definition) is 3. The molecule has 3 N–H and O–H groups in total. The van der Waals surface area contributed by atoms with Gasteiger partial charge in [0.25, 0.3) is 0 Å². The first-order valence-corrected chi connectivity index (χ1v) is 3.78. The Labute approximate surface area is 66.6 Å². The Morgan fingerprint density at radius 2 is 2.55 bits per heavy atom. The zero-order valence-corrected chi connectivity index (χ0v) is 6.71. The highest BCUT2D eigenvalue weighted by Gasteiger charge is 1.98. The summed E-state index contributed by atoms with van der Waals surface area (Å²) >= 11 is 0. The van der Waals surface area contributed by atoms with Gasteiger partial charge in [-0.2, -0.15) is 0 Å². The van der Waals surface area contributed by atoms with E-state index in [-0.39, 0.29) is 0 Å². The van der Waals surface area contributed by atoms with Crippen LogP contribution in [-0.2, 0) is 6.54 Å². The van der Waals surface area contributed by atoms with Crippen LogP contribution in [0.5, 0.6) is 0 Å². The van der Waals surface area contributed by atoms with Gasteiger partial charge in [-0.15, -0.1) is 0 Å². The van der Waals surface area contributed by atoms with E-state index in [4.69, 9.17) is 10.2 Å². The monoisotopic (exact) mass is 154 g/mol. The van der Waals surface area contributed by atoms with Crippen molar-refractivity contribution in [2.45, 2.75) is 19.5 Å². The van der Waals surface area contributed by atoms with Gasteiger partial charge in [0, 0.05) is 12.6 Å². The fourth-order valence-electron chi connectivity index (χ4n) is 0.771. The van der Waals surface area contributed by atoms with E-state index in [1.807, 2.05) is 19.1 Å². The third-order valence-electron chi connectivity index (χ3n) is 1.56. The third kappa shape index (κ3) is 2.74. The van der Waals surface area contributed by atoms with E-state index in [2.05, 4.69) is 5.32 Å². The molecule has 0 fully saturated rings. The van der Waals surface area contributed by atoms with Crippen LogP contribution in [-0.4, -0.2) is 12.6 Å². The summed E-state index contributed by atoms with van der Waals surface area (Å²) in [4.78, 5) is 0. The zero-order valence-electron chi connectivity index (χ0n) is 6.71. The van der Waals surface area contributed by atoms with Gasteiger partial charge in [-0.05, 0) is 19.1 Å². The van der Waals surface area contributed by atoms with Gasteiger partial charge in [-0.1, -0.05) is 0 Å². The van der Waals surface area contributed by atoms with Crippen LogP contribution in [0.3, 0.4) is 0 Å². The molecule has 0 aliphatic carbocycles.